The van der Waals surface area contributed by atoms with Crippen LogP contribution in [0.5, 0.6) is 5.75 Å². The first kappa shape index (κ1) is 27.3. The minimum absolute atomic E-state index is 0.155. The Hall–Kier alpha value is -3.84. The topological polar surface area (TPSA) is 108 Å². The Morgan fingerprint density at radius 2 is 1.37 bits per heavy atom. The summed E-state index contributed by atoms with van der Waals surface area (Å²) in [6, 6.07) is 29.0. The number of phenolic OH excluding ortho intramolecular Hbond substituents is 1. The summed E-state index contributed by atoms with van der Waals surface area (Å²) in [5.41, 5.74) is 4.26. The van der Waals surface area contributed by atoms with Crippen LogP contribution in [0.4, 0.5) is 29.0 Å². The zero-order valence-corrected chi connectivity index (χ0v) is 25.8. The molecule has 12 heteroatoms. The smallest absolute Gasteiger partial charge is 0.233 e. The van der Waals surface area contributed by atoms with Crippen molar-refractivity contribution in [2.45, 2.75) is 9.50 Å². The van der Waals surface area contributed by atoms with E-state index in [1.165, 1.54) is 11.8 Å². The highest BCUT2D eigenvalue weighted by Crippen LogP contribution is 2.36. The zero-order valence-electron chi connectivity index (χ0n) is 21.0. The number of nitrogens with one attached hydrogen (secondary N) is 2. The fraction of sp³-hybridized carbons (Fsp3) is 0. The normalized spacial score (nSPS) is 11.3. The number of fused-ring (bicyclic) bond motifs is 1. The lowest BCUT2D eigenvalue weighted by molar-refractivity contribution is 0.468. The van der Waals surface area contributed by atoms with Gasteiger partial charge in [-0.1, -0.05) is 36.4 Å². The van der Waals surface area contributed by atoms with Gasteiger partial charge in [0.15, 0.2) is 4.34 Å². The number of hydrogen-bond acceptors (Lipinski definition) is 10. The van der Waals surface area contributed by atoms with Gasteiger partial charge in [0.05, 0.1) is 24.8 Å². The molecule has 0 unspecified atom stereocenters. The van der Waals surface area contributed by atoms with Crippen LogP contribution in [0.3, 0.4) is 0 Å². The van der Waals surface area contributed by atoms with Crippen molar-refractivity contribution in [3.05, 3.63) is 106 Å². The molecule has 41 heavy (non-hydrogen) atoms. The molecule has 0 aliphatic rings. The minimum Gasteiger partial charge on any atom is -0.506 e. The molecule has 0 fully saturated rings. The molecular formula is C29H19Br2N7OS2. The van der Waals surface area contributed by atoms with Crippen molar-refractivity contribution in [1.82, 2.24) is 19.9 Å². The number of anilines is 4. The summed E-state index contributed by atoms with van der Waals surface area (Å²) in [6.07, 6.45) is 1.75. The first-order chi connectivity index (χ1) is 20.0. The van der Waals surface area contributed by atoms with Crippen molar-refractivity contribution in [2.24, 2.45) is 4.99 Å². The van der Waals surface area contributed by atoms with Crippen LogP contribution in [-0.4, -0.2) is 31.3 Å². The van der Waals surface area contributed by atoms with Crippen LogP contribution in [0.2, 0.25) is 0 Å². The predicted octanol–water partition coefficient (Wildman–Crippen LogP) is 9.10. The summed E-state index contributed by atoms with van der Waals surface area (Å²) in [6.45, 7) is 0. The molecule has 2 aromatic heterocycles. The number of halogens is 2. The fourth-order valence-electron chi connectivity index (χ4n) is 3.72. The van der Waals surface area contributed by atoms with E-state index in [9.17, 15) is 5.11 Å². The van der Waals surface area contributed by atoms with Gasteiger partial charge in [-0.2, -0.15) is 15.0 Å². The highest BCUT2D eigenvalue weighted by molar-refractivity contribution is 9.11. The largest absolute Gasteiger partial charge is 0.506 e. The van der Waals surface area contributed by atoms with E-state index < -0.39 is 0 Å². The van der Waals surface area contributed by atoms with Crippen LogP contribution in [0.25, 0.3) is 10.2 Å². The molecule has 0 atom stereocenters. The number of aromatic nitrogens is 4. The van der Waals surface area contributed by atoms with Crippen molar-refractivity contribution in [2.75, 3.05) is 10.6 Å². The van der Waals surface area contributed by atoms with Crippen molar-refractivity contribution >= 4 is 100 Å². The summed E-state index contributed by atoms with van der Waals surface area (Å²) in [5.74, 6) is 1.01. The lowest BCUT2D eigenvalue weighted by atomic mass is 10.2. The first-order valence-electron chi connectivity index (χ1n) is 12.2. The molecule has 0 aliphatic carbocycles. The Morgan fingerprint density at radius 3 is 1.98 bits per heavy atom. The molecule has 6 aromatic rings. The Kier molecular flexibility index (Phi) is 8.23. The highest BCUT2D eigenvalue weighted by Gasteiger charge is 2.13. The monoisotopic (exact) mass is 703 g/mol. The van der Waals surface area contributed by atoms with Crippen LogP contribution in [0.1, 0.15) is 5.56 Å². The van der Waals surface area contributed by atoms with Crippen molar-refractivity contribution < 1.29 is 5.11 Å². The second kappa shape index (κ2) is 12.4. The molecule has 0 saturated heterocycles. The highest BCUT2D eigenvalue weighted by atomic mass is 79.9. The number of aliphatic imine (C=N–C) groups is 1. The van der Waals surface area contributed by atoms with Gasteiger partial charge in [0.1, 0.15) is 5.75 Å². The lowest BCUT2D eigenvalue weighted by Crippen LogP contribution is -2.05. The van der Waals surface area contributed by atoms with E-state index in [4.69, 9.17) is 4.98 Å². The van der Waals surface area contributed by atoms with E-state index in [1.807, 2.05) is 78.9 Å². The van der Waals surface area contributed by atoms with E-state index in [1.54, 1.807) is 29.7 Å². The maximum absolute atomic E-state index is 9.94. The number of aromatic hydroxyl groups is 1. The fourth-order valence-corrected chi connectivity index (χ4v) is 6.89. The van der Waals surface area contributed by atoms with Gasteiger partial charge >= 0.3 is 0 Å². The van der Waals surface area contributed by atoms with Crippen LogP contribution < -0.4 is 10.6 Å². The van der Waals surface area contributed by atoms with Crippen LogP contribution in [0.15, 0.2) is 114 Å². The van der Waals surface area contributed by atoms with Crippen LogP contribution >= 0.6 is 55.0 Å². The van der Waals surface area contributed by atoms with Gasteiger partial charge in [-0.25, -0.2) is 4.98 Å². The number of benzene rings is 4. The van der Waals surface area contributed by atoms with Crippen molar-refractivity contribution in [3.8, 4) is 5.75 Å². The number of thiazole rings is 1. The molecule has 0 bridgehead atoms. The molecule has 0 saturated carbocycles. The molecule has 0 radical (unpaired) electrons. The van der Waals surface area contributed by atoms with Gasteiger partial charge in [-0.3, -0.25) is 4.99 Å². The van der Waals surface area contributed by atoms with Crippen LogP contribution in [-0.2, 0) is 0 Å². The lowest BCUT2D eigenvalue weighted by Gasteiger charge is -2.09. The van der Waals surface area contributed by atoms with Crippen LogP contribution in [0, 0.1) is 0 Å². The van der Waals surface area contributed by atoms with E-state index in [0.717, 1.165) is 37.2 Å². The molecule has 8 nitrogen and oxygen atoms in total. The van der Waals surface area contributed by atoms with Gasteiger partial charge in [-0.15, -0.1) is 11.3 Å². The average Bonchev–Trinajstić information content (AvgIpc) is 3.37. The second-order valence-corrected chi connectivity index (χ2v) is 12.5. The predicted molar refractivity (Wildman–Crippen MR) is 174 cm³/mol. The standard InChI is InChI=1S/C29H19Br2N7OS2/c30-21-13-17(14-22(31)25(21)39)16-32-20-11-12-23-24(15-20)40-29(35-23)41-28-37-26(33-18-7-3-1-4-8-18)36-27(38-28)34-19-9-5-2-6-10-19/h1-16,39H,(H2,33,34,36,37,38). The summed E-state index contributed by atoms with van der Waals surface area (Å²) in [7, 11) is 0. The third-order valence-corrected chi connectivity index (χ3v) is 8.76. The Morgan fingerprint density at radius 1 is 0.756 bits per heavy atom. The Labute approximate surface area is 260 Å². The Bertz CT molecular complexity index is 1790. The number of hydrogen-bond donors (Lipinski definition) is 3. The zero-order chi connectivity index (χ0) is 28.2. The van der Waals surface area contributed by atoms with Gasteiger partial charge in [0, 0.05) is 17.6 Å². The first-order valence-corrected chi connectivity index (χ1v) is 15.4. The quantitative estimate of drug-likeness (QED) is 0.135. The summed E-state index contributed by atoms with van der Waals surface area (Å²) in [4.78, 5) is 23.2. The van der Waals surface area contributed by atoms with E-state index >= 15 is 0 Å². The van der Waals surface area contributed by atoms with Gasteiger partial charge in [0.25, 0.3) is 0 Å². The summed E-state index contributed by atoms with van der Waals surface area (Å²) >= 11 is 9.63. The number of para-hydroxylation sites is 2. The van der Waals surface area contributed by atoms with Gasteiger partial charge in [-0.05, 0) is 104 Å². The van der Waals surface area contributed by atoms with E-state index in [0.29, 0.717) is 26.0 Å². The number of rotatable bonds is 8. The average molecular weight is 705 g/mol. The Balaban J connectivity index is 1.26. The SMILES string of the molecule is Oc1c(Br)cc(C=Nc2ccc3nc(Sc4nc(Nc5ccccc5)nc(Nc5ccccc5)n4)sc3c2)cc1Br. The molecule has 202 valence electrons. The van der Waals surface area contributed by atoms with E-state index in [-0.39, 0.29) is 5.75 Å². The molecule has 0 spiro atoms. The van der Waals surface area contributed by atoms with Gasteiger partial charge in [0.2, 0.25) is 17.1 Å². The number of phenols is 1. The molecule has 2 heterocycles. The molecular weight excluding hydrogens is 686 g/mol. The summed E-state index contributed by atoms with van der Waals surface area (Å²) < 4.78 is 2.98. The molecule has 3 N–H and O–H groups in total. The third kappa shape index (κ3) is 6.91. The number of nitrogens with zero attached hydrogens (tertiary/aromatic N) is 5. The third-order valence-electron chi connectivity index (χ3n) is 5.61. The summed E-state index contributed by atoms with van der Waals surface area (Å²) in [5, 5.41) is 17.0. The maximum atomic E-state index is 9.94. The molecule has 0 aliphatic heterocycles. The van der Waals surface area contributed by atoms with Crippen molar-refractivity contribution in [3.63, 3.8) is 0 Å². The maximum Gasteiger partial charge on any atom is 0.233 e. The van der Waals surface area contributed by atoms with E-state index in [2.05, 4.69) is 62.4 Å². The van der Waals surface area contributed by atoms with Crippen molar-refractivity contribution in [1.29, 1.82) is 0 Å². The molecule has 4 aromatic carbocycles. The van der Waals surface area contributed by atoms with Gasteiger partial charge < -0.3 is 15.7 Å². The molecule has 0 amide bonds. The second-order valence-electron chi connectivity index (χ2n) is 8.57. The molecule has 6 rings (SSSR count). The minimum atomic E-state index is 0.155.